The third-order valence-electron chi connectivity index (χ3n) is 3.70. The fourth-order valence-electron chi connectivity index (χ4n) is 2.28. The zero-order chi connectivity index (χ0) is 22.5. The van der Waals surface area contributed by atoms with E-state index in [9.17, 15) is 31.1 Å². The molecule has 2 aromatic carbocycles. The number of hydrogen-bond acceptors (Lipinski definition) is 4. The molecule has 4 nitrogen and oxygen atoms in total. The molecule has 0 bridgehead atoms. The van der Waals surface area contributed by atoms with E-state index in [1.54, 1.807) is 0 Å². The summed E-state index contributed by atoms with van der Waals surface area (Å²) in [4.78, 5) is 12.7. The fraction of sp³-hybridized carbons (Fsp3) is 0.263. The average molecular weight is 448 g/mol. The maximum atomic E-state index is 13.0. The molecule has 1 amide bonds. The number of ether oxygens (including phenoxy) is 1. The third-order valence-corrected chi connectivity index (χ3v) is 4.95. The number of alkyl halides is 6. The summed E-state index contributed by atoms with van der Waals surface area (Å²) >= 11 is 1.09. The number of carbonyl (C=O) groups is 1. The van der Waals surface area contributed by atoms with Gasteiger partial charge in [-0.3, -0.25) is 4.79 Å². The topological polar surface area (TPSA) is 62.1 Å². The van der Waals surface area contributed by atoms with Gasteiger partial charge in [0.25, 0.3) is 0 Å². The Hall–Kier alpha value is -2.87. The SMILES string of the molecule is CC(CSc1cccc(OC(F)(F)F)c1)C(=O)Nc1ccc(C#N)c(C(F)(F)F)c1. The highest BCUT2D eigenvalue weighted by Crippen LogP contribution is 2.34. The van der Waals surface area contributed by atoms with Gasteiger partial charge in [0.05, 0.1) is 17.2 Å². The molecular formula is C19H14F6N2O2S. The molecule has 0 aliphatic carbocycles. The van der Waals surface area contributed by atoms with Gasteiger partial charge in [0.15, 0.2) is 0 Å². The molecule has 0 aromatic heterocycles. The standard InChI is InChI=1S/C19H14F6N2O2S/c1-11(10-30-15-4-2-3-14(8-15)29-19(23,24)25)17(28)27-13-6-5-12(9-26)16(7-13)18(20,21)22/h2-8,11H,10H2,1H3,(H,27,28). The van der Waals surface area contributed by atoms with Crippen LogP contribution in [0, 0.1) is 17.2 Å². The van der Waals surface area contributed by atoms with E-state index in [0.29, 0.717) is 11.0 Å². The van der Waals surface area contributed by atoms with Crippen LogP contribution in [0.5, 0.6) is 5.75 Å². The number of amides is 1. The van der Waals surface area contributed by atoms with Gasteiger partial charge in [0, 0.05) is 22.3 Å². The van der Waals surface area contributed by atoms with Gasteiger partial charge in [0.1, 0.15) is 5.75 Å². The van der Waals surface area contributed by atoms with Crippen molar-refractivity contribution in [2.75, 3.05) is 11.1 Å². The smallest absolute Gasteiger partial charge is 0.406 e. The Balaban J connectivity index is 2.01. The van der Waals surface area contributed by atoms with Gasteiger partial charge in [-0.25, -0.2) is 0 Å². The van der Waals surface area contributed by atoms with E-state index in [1.165, 1.54) is 37.3 Å². The molecule has 0 aliphatic heterocycles. The number of hydrogen-bond donors (Lipinski definition) is 1. The van der Waals surface area contributed by atoms with Crippen molar-refractivity contribution >= 4 is 23.4 Å². The van der Waals surface area contributed by atoms with Crippen molar-refractivity contribution in [3.8, 4) is 11.8 Å². The lowest BCUT2D eigenvalue weighted by Gasteiger charge is -2.15. The Bertz CT molecular complexity index is 953. The first-order valence-electron chi connectivity index (χ1n) is 8.30. The van der Waals surface area contributed by atoms with Gasteiger partial charge in [-0.1, -0.05) is 13.0 Å². The lowest BCUT2D eigenvalue weighted by Crippen LogP contribution is -2.22. The van der Waals surface area contributed by atoms with E-state index in [1.807, 2.05) is 0 Å². The molecule has 2 aromatic rings. The van der Waals surface area contributed by atoms with E-state index in [-0.39, 0.29) is 11.4 Å². The van der Waals surface area contributed by atoms with E-state index >= 15 is 0 Å². The number of nitrogens with one attached hydrogen (secondary N) is 1. The molecule has 160 valence electrons. The molecule has 0 spiro atoms. The molecule has 0 fully saturated rings. The molecule has 0 saturated heterocycles. The van der Waals surface area contributed by atoms with Gasteiger partial charge in [-0.05, 0) is 36.4 Å². The summed E-state index contributed by atoms with van der Waals surface area (Å²) < 4.78 is 79.7. The van der Waals surface area contributed by atoms with E-state index in [4.69, 9.17) is 5.26 Å². The monoisotopic (exact) mass is 448 g/mol. The lowest BCUT2D eigenvalue weighted by atomic mass is 10.1. The highest BCUT2D eigenvalue weighted by Gasteiger charge is 2.34. The summed E-state index contributed by atoms with van der Waals surface area (Å²) in [6.07, 6.45) is -9.58. The predicted molar refractivity (Wildman–Crippen MR) is 97.8 cm³/mol. The van der Waals surface area contributed by atoms with Gasteiger partial charge in [-0.15, -0.1) is 24.9 Å². The highest BCUT2D eigenvalue weighted by atomic mass is 32.2. The molecule has 0 aliphatic rings. The minimum absolute atomic E-state index is 0.122. The number of carbonyl (C=O) groups excluding carboxylic acids is 1. The molecule has 0 saturated carbocycles. The quantitative estimate of drug-likeness (QED) is 0.445. The summed E-state index contributed by atoms with van der Waals surface area (Å²) in [5.74, 6) is -1.50. The second kappa shape index (κ2) is 9.30. The maximum Gasteiger partial charge on any atom is 0.573 e. The number of halogens is 6. The number of benzene rings is 2. The Morgan fingerprint density at radius 3 is 2.47 bits per heavy atom. The molecule has 11 heteroatoms. The predicted octanol–water partition coefficient (Wildman–Crippen LogP) is 5.84. The highest BCUT2D eigenvalue weighted by molar-refractivity contribution is 7.99. The first kappa shape index (κ1) is 23.4. The van der Waals surface area contributed by atoms with Crippen molar-refractivity contribution in [1.29, 1.82) is 5.26 Å². The summed E-state index contributed by atoms with van der Waals surface area (Å²) in [5.41, 5.74) is -1.85. The molecular weight excluding hydrogens is 434 g/mol. The number of nitrogens with zero attached hydrogens (tertiary/aromatic N) is 1. The summed E-state index contributed by atoms with van der Waals surface area (Å²) in [7, 11) is 0. The largest absolute Gasteiger partial charge is 0.573 e. The number of anilines is 1. The van der Waals surface area contributed by atoms with Crippen molar-refractivity contribution < 1.29 is 35.9 Å². The number of nitriles is 1. The third kappa shape index (κ3) is 6.88. The molecule has 30 heavy (non-hydrogen) atoms. The summed E-state index contributed by atoms with van der Waals surface area (Å²) in [5, 5.41) is 11.1. The van der Waals surface area contributed by atoms with Crippen molar-refractivity contribution in [1.82, 2.24) is 0 Å². The summed E-state index contributed by atoms with van der Waals surface area (Å²) in [6, 6.07) is 9.47. The molecule has 0 heterocycles. The van der Waals surface area contributed by atoms with Crippen LogP contribution in [0.3, 0.4) is 0 Å². The minimum atomic E-state index is -4.83. The van der Waals surface area contributed by atoms with Crippen LogP contribution in [0.15, 0.2) is 47.4 Å². The van der Waals surface area contributed by atoms with Gasteiger partial charge < -0.3 is 10.1 Å². The zero-order valence-electron chi connectivity index (χ0n) is 15.3. The second-order valence-electron chi connectivity index (χ2n) is 6.09. The first-order chi connectivity index (χ1) is 13.9. The van der Waals surface area contributed by atoms with E-state index in [0.717, 1.165) is 23.9 Å². The summed E-state index contributed by atoms with van der Waals surface area (Å²) in [6.45, 7) is 1.52. The average Bonchev–Trinajstić information content (AvgIpc) is 2.64. The van der Waals surface area contributed by atoms with Crippen LogP contribution in [0.4, 0.5) is 32.0 Å². The molecule has 1 unspecified atom stereocenters. The van der Waals surface area contributed by atoms with Crippen LogP contribution in [0.25, 0.3) is 0 Å². The Morgan fingerprint density at radius 2 is 1.87 bits per heavy atom. The molecule has 1 atom stereocenters. The Kier molecular flexibility index (Phi) is 7.25. The number of thioether (sulfide) groups is 1. The van der Waals surface area contributed by atoms with E-state index < -0.39 is 41.2 Å². The molecule has 0 radical (unpaired) electrons. The van der Waals surface area contributed by atoms with Gasteiger partial charge >= 0.3 is 12.5 Å². The molecule has 2 rings (SSSR count). The maximum absolute atomic E-state index is 13.0. The van der Waals surface area contributed by atoms with Crippen LogP contribution < -0.4 is 10.1 Å². The first-order valence-corrected chi connectivity index (χ1v) is 9.28. The Morgan fingerprint density at radius 1 is 1.17 bits per heavy atom. The second-order valence-corrected chi connectivity index (χ2v) is 7.19. The van der Waals surface area contributed by atoms with Crippen molar-refractivity contribution in [2.45, 2.75) is 24.4 Å². The van der Waals surface area contributed by atoms with Crippen LogP contribution in [0.1, 0.15) is 18.1 Å². The normalized spacial score (nSPS) is 12.7. The van der Waals surface area contributed by atoms with Crippen LogP contribution in [0.2, 0.25) is 0 Å². The van der Waals surface area contributed by atoms with Crippen molar-refractivity contribution in [3.05, 3.63) is 53.6 Å². The van der Waals surface area contributed by atoms with Crippen LogP contribution >= 0.6 is 11.8 Å². The zero-order valence-corrected chi connectivity index (χ0v) is 16.1. The van der Waals surface area contributed by atoms with Crippen molar-refractivity contribution in [3.63, 3.8) is 0 Å². The van der Waals surface area contributed by atoms with Crippen LogP contribution in [-0.2, 0) is 11.0 Å². The minimum Gasteiger partial charge on any atom is -0.406 e. The van der Waals surface area contributed by atoms with E-state index in [2.05, 4.69) is 10.1 Å². The molecule has 1 N–H and O–H groups in total. The fourth-order valence-corrected chi connectivity index (χ4v) is 3.25. The van der Waals surface area contributed by atoms with Gasteiger partial charge in [0.2, 0.25) is 5.91 Å². The number of rotatable bonds is 6. The van der Waals surface area contributed by atoms with Gasteiger partial charge in [-0.2, -0.15) is 18.4 Å². The van der Waals surface area contributed by atoms with Crippen LogP contribution in [-0.4, -0.2) is 18.0 Å². The lowest BCUT2D eigenvalue weighted by molar-refractivity contribution is -0.274. The Labute approximate surface area is 171 Å². The van der Waals surface area contributed by atoms with Crippen molar-refractivity contribution in [2.24, 2.45) is 5.92 Å².